The van der Waals surface area contributed by atoms with Crippen LogP contribution in [-0.4, -0.2) is 58.2 Å². The van der Waals surface area contributed by atoms with Crippen LogP contribution in [0.4, 0.5) is 24.5 Å². The number of alkyl halides is 3. The Morgan fingerprint density at radius 2 is 1.73 bits per heavy atom. The molecule has 0 aromatic heterocycles. The van der Waals surface area contributed by atoms with Crippen molar-refractivity contribution in [2.75, 3.05) is 48.2 Å². The van der Waals surface area contributed by atoms with Gasteiger partial charge >= 0.3 is 6.18 Å². The van der Waals surface area contributed by atoms with Gasteiger partial charge in [-0.3, -0.25) is 9.10 Å². The van der Waals surface area contributed by atoms with E-state index in [1.54, 1.807) is 0 Å². The van der Waals surface area contributed by atoms with Crippen LogP contribution in [0.5, 0.6) is 0 Å². The molecule has 0 N–H and O–H groups in total. The van der Waals surface area contributed by atoms with Gasteiger partial charge in [-0.1, -0.05) is 23.7 Å². The molecule has 2 aromatic rings. The Morgan fingerprint density at radius 1 is 1.09 bits per heavy atom. The molecule has 1 aliphatic heterocycles. The van der Waals surface area contributed by atoms with Crippen molar-refractivity contribution in [3.63, 3.8) is 0 Å². The number of rotatable bonds is 5. The highest BCUT2D eigenvalue weighted by Gasteiger charge is 2.35. The van der Waals surface area contributed by atoms with E-state index in [1.807, 2.05) is 32.0 Å². The van der Waals surface area contributed by atoms with Gasteiger partial charge in [0.05, 0.1) is 22.5 Å². The van der Waals surface area contributed by atoms with E-state index >= 15 is 0 Å². The number of sulfonamides is 1. The first-order chi connectivity index (χ1) is 15.3. The maximum absolute atomic E-state index is 13.2. The van der Waals surface area contributed by atoms with Crippen molar-refractivity contribution < 1.29 is 26.4 Å². The predicted molar refractivity (Wildman–Crippen MR) is 123 cm³/mol. The van der Waals surface area contributed by atoms with Crippen LogP contribution < -0.4 is 9.21 Å². The number of hydrogen-bond acceptors (Lipinski definition) is 4. The van der Waals surface area contributed by atoms with Crippen molar-refractivity contribution in [1.29, 1.82) is 0 Å². The number of piperazine rings is 1. The summed E-state index contributed by atoms with van der Waals surface area (Å²) < 4.78 is 65.1. The third-order valence-electron chi connectivity index (χ3n) is 5.77. The molecule has 1 saturated heterocycles. The number of carbonyl (C=O) groups excluding carboxylic acids is 1. The fraction of sp³-hybridized carbons (Fsp3) is 0.409. The van der Waals surface area contributed by atoms with Crippen LogP contribution in [0, 0.1) is 13.8 Å². The van der Waals surface area contributed by atoms with Crippen molar-refractivity contribution in [2.45, 2.75) is 20.0 Å². The largest absolute Gasteiger partial charge is 0.417 e. The van der Waals surface area contributed by atoms with E-state index in [-0.39, 0.29) is 5.69 Å². The number of halogens is 4. The lowest BCUT2D eigenvalue weighted by atomic mass is 10.1. The Bertz CT molecular complexity index is 1150. The summed E-state index contributed by atoms with van der Waals surface area (Å²) in [5, 5.41) is -0.548. The number of aryl methyl sites for hydroxylation is 1. The van der Waals surface area contributed by atoms with Gasteiger partial charge < -0.3 is 9.80 Å². The Morgan fingerprint density at radius 3 is 2.30 bits per heavy atom. The molecule has 0 aliphatic carbocycles. The lowest BCUT2D eigenvalue weighted by Gasteiger charge is -2.37. The van der Waals surface area contributed by atoms with Crippen LogP contribution in [0.3, 0.4) is 0 Å². The fourth-order valence-corrected chi connectivity index (χ4v) is 4.85. The zero-order valence-electron chi connectivity index (χ0n) is 18.5. The van der Waals surface area contributed by atoms with Gasteiger partial charge in [0, 0.05) is 31.9 Å². The van der Waals surface area contributed by atoms with Gasteiger partial charge in [-0.05, 0) is 49.2 Å². The van der Waals surface area contributed by atoms with Gasteiger partial charge in [0.15, 0.2) is 0 Å². The minimum atomic E-state index is -4.76. The van der Waals surface area contributed by atoms with Crippen molar-refractivity contribution in [3.8, 4) is 0 Å². The molecule has 11 heteroatoms. The van der Waals surface area contributed by atoms with E-state index < -0.39 is 39.2 Å². The minimum Gasteiger partial charge on any atom is -0.368 e. The first-order valence-corrected chi connectivity index (χ1v) is 12.4. The summed E-state index contributed by atoms with van der Waals surface area (Å²) in [7, 11) is -4.03. The summed E-state index contributed by atoms with van der Waals surface area (Å²) in [4.78, 5) is 16.6. The third kappa shape index (κ3) is 5.73. The second-order valence-electron chi connectivity index (χ2n) is 8.02. The molecule has 0 spiro atoms. The fourth-order valence-electron chi connectivity index (χ4n) is 3.78. The Hall–Kier alpha value is -2.46. The number of hydrogen-bond donors (Lipinski definition) is 0. The third-order valence-corrected chi connectivity index (χ3v) is 7.24. The number of amides is 1. The van der Waals surface area contributed by atoms with Gasteiger partial charge in [0.1, 0.15) is 6.54 Å². The first kappa shape index (κ1) is 25.2. The zero-order chi connectivity index (χ0) is 24.6. The van der Waals surface area contributed by atoms with E-state index in [1.165, 1.54) is 4.90 Å². The first-order valence-electron chi connectivity index (χ1n) is 10.2. The molecule has 0 atom stereocenters. The lowest BCUT2D eigenvalue weighted by molar-refractivity contribution is -0.137. The van der Waals surface area contributed by atoms with E-state index in [0.717, 1.165) is 35.2 Å². The quantitative estimate of drug-likeness (QED) is 0.616. The molecular weight excluding hydrogens is 479 g/mol. The molecular formula is C22H25ClF3N3O3S. The summed E-state index contributed by atoms with van der Waals surface area (Å²) in [6.45, 7) is 5.34. The number of nitrogens with zero attached hydrogens (tertiary/aromatic N) is 3. The molecule has 1 amide bonds. The summed E-state index contributed by atoms with van der Waals surface area (Å²) >= 11 is 5.64. The molecule has 180 valence electrons. The van der Waals surface area contributed by atoms with Crippen LogP contribution in [0.2, 0.25) is 5.02 Å². The highest BCUT2D eigenvalue weighted by Crippen LogP contribution is 2.37. The highest BCUT2D eigenvalue weighted by atomic mass is 35.5. The maximum atomic E-state index is 13.2. The van der Waals surface area contributed by atoms with Crippen LogP contribution in [0.25, 0.3) is 0 Å². The summed E-state index contributed by atoms with van der Waals surface area (Å²) in [5.41, 5.74) is 1.97. The van der Waals surface area contributed by atoms with Crippen molar-refractivity contribution in [3.05, 3.63) is 58.1 Å². The van der Waals surface area contributed by atoms with Gasteiger partial charge in [0.25, 0.3) is 0 Å². The van der Waals surface area contributed by atoms with Gasteiger partial charge in [-0.2, -0.15) is 13.2 Å². The Kier molecular flexibility index (Phi) is 7.18. The van der Waals surface area contributed by atoms with Gasteiger partial charge in [-0.25, -0.2) is 8.42 Å². The molecule has 33 heavy (non-hydrogen) atoms. The average molecular weight is 504 g/mol. The summed E-state index contributed by atoms with van der Waals surface area (Å²) in [6.07, 6.45) is -3.91. The minimum absolute atomic E-state index is 0.267. The van der Waals surface area contributed by atoms with E-state index in [0.29, 0.717) is 36.6 Å². The number of carbonyl (C=O) groups is 1. The molecule has 0 radical (unpaired) electrons. The molecule has 6 nitrogen and oxygen atoms in total. The van der Waals surface area contributed by atoms with Gasteiger partial charge in [-0.15, -0.1) is 0 Å². The summed E-state index contributed by atoms with van der Waals surface area (Å²) in [6, 6.07) is 8.80. The zero-order valence-corrected chi connectivity index (χ0v) is 20.1. The van der Waals surface area contributed by atoms with Crippen molar-refractivity contribution in [2.24, 2.45) is 0 Å². The average Bonchev–Trinajstić information content (AvgIpc) is 2.73. The van der Waals surface area contributed by atoms with E-state index in [4.69, 9.17) is 11.6 Å². The van der Waals surface area contributed by atoms with E-state index in [2.05, 4.69) is 4.90 Å². The molecule has 2 aromatic carbocycles. The molecule has 1 heterocycles. The number of anilines is 2. The highest BCUT2D eigenvalue weighted by molar-refractivity contribution is 7.92. The normalized spacial score (nSPS) is 15.0. The maximum Gasteiger partial charge on any atom is 0.417 e. The number of benzene rings is 2. The Balaban J connectivity index is 1.76. The van der Waals surface area contributed by atoms with Crippen LogP contribution in [-0.2, 0) is 21.0 Å². The monoisotopic (exact) mass is 503 g/mol. The molecule has 0 unspecified atom stereocenters. The summed E-state index contributed by atoms with van der Waals surface area (Å²) in [5.74, 6) is -0.482. The smallest absolute Gasteiger partial charge is 0.368 e. The Labute approximate surface area is 196 Å². The second-order valence-corrected chi connectivity index (χ2v) is 10.3. The second kappa shape index (κ2) is 9.42. The molecule has 1 aliphatic rings. The van der Waals surface area contributed by atoms with Crippen LogP contribution >= 0.6 is 11.6 Å². The van der Waals surface area contributed by atoms with Crippen molar-refractivity contribution >= 4 is 38.9 Å². The molecule has 1 fully saturated rings. The topological polar surface area (TPSA) is 60.9 Å². The standard InChI is InChI=1S/C22H25ClF3N3O3S/c1-15-5-4-6-20(16(15)2)27-9-11-28(12-10-27)21(30)14-29(33(3,31)32)17-7-8-19(23)18(13-17)22(24,25)26/h4-8,13H,9-12,14H2,1-3H3. The molecule has 0 bridgehead atoms. The molecule has 0 saturated carbocycles. The molecule has 3 rings (SSSR count). The predicted octanol–water partition coefficient (Wildman–Crippen LogP) is 4.09. The van der Waals surface area contributed by atoms with Gasteiger partial charge in [0.2, 0.25) is 15.9 Å². The van der Waals surface area contributed by atoms with Crippen molar-refractivity contribution in [1.82, 2.24) is 4.90 Å². The SMILES string of the molecule is Cc1cccc(N2CCN(C(=O)CN(c3ccc(Cl)c(C(F)(F)F)c3)S(C)(=O)=O)CC2)c1C. The van der Waals surface area contributed by atoms with Crippen LogP contribution in [0.15, 0.2) is 36.4 Å². The van der Waals surface area contributed by atoms with E-state index in [9.17, 15) is 26.4 Å². The van der Waals surface area contributed by atoms with Crippen LogP contribution in [0.1, 0.15) is 16.7 Å². The lowest BCUT2D eigenvalue weighted by Crippen LogP contribution is -2.52.